The van der Waals surface area contributed by atoms with Crippen molar-refractivity contribution in [1.82, 2.24) is 15.3 Å². The molecule has 220 valence electrons. The molecule has 0 aromatic carbocycles. The first-order valence-corrected chi connectivity index (χ1v) is 17.3. The molecule has 0 saturated heterocycles. The summed E-state index contributed by atoms with van der Waals surface area (Å²) >= 11 is 6.97. The summed E-state index contributed by atoms with van der Waals surface area (Å²) in [5.74, 6) is 0.967. The Morgan fingerprint density at radius 1 is 1.10 bits per heavy atom. The van der Waals surface area contributed by atoms with Crippen molar-refractivity contribution < 1.29 is 14.9 Å². The van der Waals surface area contributed by atoms with Gasteiger partial charge in [-0.15, -0.1) is 50.9 Å². The van der Waals surface area contributed by atoms with Gasteiger partial charge in [0.05, 0.1) is 41.2 Å². The van der Waals surface area contributed by atoms with E-state index in [0.717, 1.165) is 59.4 Å². The number of fused-ring (bicyclic) bond motifs is 2. The van der Waals surface area contributed by atoms with Gasteiger partial charge in [-0.2, -0.15) is 5.10 Å². The molecule has 0 saturated carbocycles. The maximum atomic E-state index is 9.69. The molecule has 0 bridgehead atoms. The Bertz CT molecular complexity index is 1720. The molecule has 13 heteroatoms. The van der Waals surface area contributed by atoms with Crippen LogP contribution in [0.4, 0.5) is 11.4 Å². The Morgan fingerprint density at radius 2 is 1.93 bits per heavy atom. The second-order valence-electron chi connectivity index (χ2n) is 10.5. The number of rotatable bonds is 12. The monoisotopic (exact) mass is 640 g/mol. The van der Waals surface area contributed by atoms with Crippen molar-refractivity contribution in [3.63, 3.8) is 0 Å². The maximum absolute atomic E-state index is 9.69. The van der Waals surface area contributed by atoms with E-state index in [1.54, 1.807) is 40.2 Å². The third kappa shape index (κ3) is 6.05. The lowest BCUT2D eigenvalue weighted by atomic mass is 10.1. The quantitative estimate of drug-likeness (QED) is 0.122. The topological polar surface area (TPSA) is 133 Å². The molecule has 0 spiro atoms. The standard InChI is InChI=1S/C29H33N7O2S4/c1-16(13-37)27-17(2)26-29(42-27)23(11-33-35-26)32-10-22-7-19(15-40-22)36-25-8-21(6-18(30)14-38)41-28(25)24(12-34-36)31-9-20-4-3-5-39-20/h3-5,7-8,11-12,16,18-19,37-38H,6,9-10,13-15,30H2,1-2H3,(H,32,35)/p+1/t16?,18-,19?/m1/s1. The number of anilines is 2. The average molecular weight is 641 g/mol. The molecule has 0 amide bonds. The number of hydrogen-bond acceptors (Lipinski definition) is 12. The maximum Gasteiger partial charge on any atom is 0.253 e. The molecule has 6 heterocycles. The number of nitrogens with two attached hydrogens (primary N) is 1. The van der Waals surface area contributed by atoms with Gasteiger partial charge in [0, 0.05) is 50.7 Å². The Labute approximate surface area is 260 Å². The number of thiophene rings is 3. The summed E-state index contributed by atoms with van der Waals surface area (Å²) in [6.07, 6.45) is 6.64. The van der Waals surface area contributed by atoms with Crippen molar-refractivity contribution in [3.05, 3.63) is 67.1 Å². The van der Waals surface area contributed by atoms with Crippen LogP contribution in [0.2, 0.25) is 0 Å². The van der Waals surface area contributed by atoms with Crippen LogP contribution < -0.4 is 21.0 Å². The Kier molecular flexibility index (Phi) is 9.05. The second kappa shape index (κ2) is 12.9. The lowest BCUT2D eigenvalue weighted by molar-refractivity contribution is -0.739. The number of aromatic nitrogens is 4. The van der Waals surface area contributed by atoms with Gasteiger partial charge in [-0.25, -0.2) is 0 Å². The third-order valence-corrected chi connectivity index (χ3v) is 12.1. The van der Waals surface area contributed by atoms with Gasteiger partial charge >= 0.3 is 0 Å². The van der Waals surface area contributed by atoms with Crippen molar-refractivity contribution in [1.29, 1.82) is 0 Å². The molecule has 3 atom stereocenters. The van der Waals surface area contributed by atoms with Crippen molar-refractivity contribution in [2.75, 3.05) is 36.1 Å². The Morgan fingerprint density at radius 3 is 2.71 bits per heavy atom. The van der Waals surface area contributed by atoms with E-state index in [1.165, 1.54) is 9.78 Å². The van der Waals surface area contributed by atoms with Gasteiger partial charge in [-0.1, -0.05) is 17.7 Å². The van der Waals surface area contributed by atoms with E-state index < -0.39 is 0 Å². The highest BCUT2D eigenvalue weighted by Gasteiger charge is 2.30. The Hall–Kier alpha value is -2.65. The lowest BCUT2D eigenvalue weighted by Crippen LogP contribution is -2.43. The smallest absolute Gasteiger partial charge is 0.253 e. The van der Waals surface area contributed by atoms with E-state index in [-0.39, 0.29) is 31.2 Å². The molecular weight excluding hydrogens is 607 g/mol. The summed E-state index contributed by atoms with van der Waals surface area (Å²) in [5, 5.41) is 42.0. The lowest BCUT2D eigenvalue weighted by Gasteiger charge is -2.07. The molecule has 6 N–H and O–H groups in total. The number of aryl methyl sites for hydroxylation is 1. The van der Waals surface area contributed by atoms with Crippen molar-refractivity contribution in [2.45, 2.75) is 44.8 Å². The molecular formula is C29H34N7O2S4+. The molecule has 1 aliphatic rings. The first-order valence-electron chi connectivity index (χ1n) is 13.8. The zero-order valence-corrected chi connectivity index (χ0v) is 26.7. The predicted molar refractivity (Wildman–Crippen MR) is 176 cm³/mol. The number of thioether (sulfide) groups is 1. The van der Waals surface area contributed by atoms with Gasteiger partial charge in [0.15, 0.2) is 0 Å². The number of hydrogen-bond donors (Lipinski definition) is 5. The van der Waals surface area contributed by atoms with Crippen LogP contribution in [0.25, 0.3) is 20.4 Å². The number of nitrogens with zero attached hydrogens (tertiary/aromatic N) is 4. The summed E-state index contributed by atoms with van der Waals surface area (Å²) in [6.45, 7) is 5.59. The van der Waals surface area contributed by atoms with Crippen LogP contribution in [-0.4, -0.2) is 57.1 Å². The molecule has 0 radical (unpaired) electrons. The van der Waals surface area contributed by atoms with Crippen LogP contribution in [-0.2, 0) is 13.0 Å². The fourth-order valence-corrected chi connectivity index (χ4v) is 9.27. The molecule has 2 unspecified atom stereocenters. The van der Waals surface area contributed by atoms with E-state index in [1.807, 2.05) is 24.9 Å². The molecule has 42 heavy (non-hydrogen) atoms. The SMILES string of the molecule is Cc1c(C(C)CO)sc2c(NCC3=CC([n+]4ncc(NCc5cccs5)c5sc(C[C@@H](N)CO)cc54)CS3)cnnc12. The average Bonchev–Trinajstić information content (AvgIpc) is 3.82. The second-order valence-corrected chi connectivity index (χ2v) is 14.9. The van der Waals surface area contributed by atoms with Crippen LogP contribution in [0.3, 0.4) is 0 Å². The van der Waals surface area contributed by atoms with E-state index in [9.17, 15) is 10.2 Å². The third-order valence-electron chi connectivity index (χ3n) is 7.34. The zero-order valence-electron chi connectivity index (χ0n) is 23.4. The van der Waals surface area contributed by atoms with Gasteiger partial charge in [0.2, 0.25) is 6.04 Å². The number of aliphatic hydroxyl groups excluding tert-OH is 2. The molecule has 1 aliphatic heterocycles. The van der Waals surface area contributed by atoms with Crippen LogP contribution in [0.15, 0.2) is 47.0 Å². The normalized spacial score (nSPS) is 16.7. The number of aliphatic hydroxyl groups is 2. The number of nitrogens with one attached hydrogen (secondary N) is 2. The van der Waals surface area contributed by atoms with Gasteiger partial charge in [-0.3, -0.25) is 0 Å². The highest BCUT2D eigenvalue weighted by Crippen LogP contribution is 2.39. The van der Waals surface area contributed by atoms with Gasteiger partial charge in [0.25, 0.3) is 5.52 Å². The van der Waals surface area contributed by atoms with Crippen LogP contribution in [0.1, 0.15) is 39.1 Å². The van der Waals surface area contributed by atoms with E-state index in [4.69, 9.17) is 10.8 Å². The highest BCUT2D eigenvalue weighted by molar-refractivity contribution is 8.03. The van der Waals surface area contributed by atoms with Gasteiger partial charge in [-0.05, 0) is 41.5 Å². The largest absolute Gasteiger partial charge is 0.396 e. The summed E-state index contributed by atoms with van der Waals surface area (Å²) in [4.78, 5) is 4.81. The Balaban J connectivity index is 1.24. The van der Waals surface area contributed by atoms with Gasteiger partial charge in [0.1, 0.15) is 16.4 Å². The molecule has 5 aromatic rings. The molecule has 0 fully saturated rings. The van der Waals surface area contributed by atoms with Gasteiger partial charge < -0.3 is 26.6 Å². The van der Waals surface area contributed by atoms with Crippen LogP contribution in [0.5, 0.6) is 0 Å². The predicted octanol–water partition coefficient (Wildman–Crippen LogP) is 4.81. The number of allylic oxidation sites excluding steroid dienone is 1. The minimum absolute atomic E-state index is 0.0412. The van der Waals surface area contributed by atoms with Crippen molar-refractivity contribution >= 4 is 77.6 Å². The molecule has 9 nitrogen and oxygen atoms in total. The first-order chi connectivity index (χ1) is 20.4. The summed E-state index contributed by atoms with van der Waals surface area (Å²) in [7, 11) is 0. The molecule has 5 aromatic heterocycles. The van der Waals surface area contributed by atoms with Crippen LogP contribution >= 0.6 is 45.8 Å². The van der Waals surface area contributed by atoms with E-state index in [0.29, 0.717) is 13.0 Å². The summed E-state index contributed by atoms with van der Waals surface area (Å²) in [5.41, 5.74) is 11.1. The van der Waals surface area contributed by atoms with Crippen molar-refractivity contribution in [3.8, 4) is 0 Å². The van der Waals surface area contributed by atoms with Crippen LogP contribution in [0, 0.1) is 6.92 Å². The summed E-state index contributed by atoms with van der Waals surface area (Å²) < 4.78 is 4.35. The molecule has 6 rings (SSSR count). The van der Waals surface area contributed by atoms with Crippen molar-refractivity contribution in [2.24, 2.45) is 5.73 Å². The fourth-order valence-electron chi connectivity index (χ4n) is 5.09. The highest BCUT2D eigenvalue weighted by atomic mass is 32.2. The minimum Gasteiger partial charge on any atom is -0.396 e. The zero-order chi connectivity index (χ0) is 29.2. The molecule has 0 aliphatic carbocycles. The first kappa shape index (κ1) is 29.4. The fraction of sp³-hybridized carbons (Fsp3) is 0.379. The minimum atomic E-state index is -0.286. The summed E-state index contributed by atoms with van der Waals surface area (Å²) in [6, 6.07) is 6.20. The van der Waals surface area contributed by atoms with E-state index in [2.05, 4.69) is 62.1 Å². The van der Waals surface area contributed by atoms with E-state index >= 15 is 0 Å².